The zero-order valence-corrected chi connectivity index (χ0v) is 17.2. The van der Waals surface area contributed by atoms with Gasteiger partial charge in [-0.15, -0.1) is 0 Å². The molecule has 0 aliphatic carbocycles. The Balaban J connectivity index is 1.67. The number of carbonyl (C=O) groups excluding carboxylic acids is 2. The minimum atomic E-state index is -3.93. The summed E-state index contributed by atoms with van der Waals surface area (Å²) in [7, 11) is -2.66. The molecule has 0 unspecified atom stereocenters. The van der Waals surface area contributed by atoms with E-state index in [0.29, 0.717) is 22.2 Å². The van der Waals surface area contributed by atoms with Crippen molar-refractivity contribution >= 4 is 27.3 Å². The molecule has 0 spiro atoms. The summed E-state index contributed by atoms with van der Waals surface area (Å²) in [5.74, 6) is -0.925. The van der Waals surface area contributed by atoms with E-state index in [4.69, 9.17) is 4.74 Å². The predicted octanol–water partition coefficient (Wildman–Crippen LogP) is 2.38. The van der Waals surface area contributed by atoms with E-state index in [1.165, 1.54) is 38.2 Å². The highest BCUT2D eigenvalue weighted by molar-refractivity contribution is 7.89. The van der Waals surface area contributed by atoms with Gasteiger partial charge < -0.3 is 9.14 Å². The second-order valence-electron chi connectivity index (χ2n) is 6.64. The van der Waals surface area contributed by atoms with Gasteiger partial charge in [-0.05, 0) is 31.2 Å². The first kappa shape index (κ1) is 21.2. The Hall–Kier alpha value is -3.48. The lowest BCUT2D eigenvalue weighted by atomic mass is 10.2. The van der Waals surface area contributed by atoms with Crippen LogP contribution < -0.4 is 0 Å². The number of hydrogen-bond acceptors (Lipinski definition) is 6. The summed E-state index contributed by atoms with van der Waals surface area (Å²) in [6, 6.07) is 13.0. The van der Waals surface area contributed by atoms with Crippen LogP contribution in [0.4, 0.5) is 0 Å². The molecule has 0 saturated heterocycles. The molecule has 0 fully saturated rings. The third-order valence-electron chi connectivity index (χ3n) is 4.58. The Morgan fingerprint density at radius 1 is 1.17 bits per heavy atom. The van der Waals surface area contributed by atoms with E-state index in [1.54, 1.807) is 28.9 Å². The van der Waals surface area contributed by atoms with E-state index in [9.17, 15) is 23.3 Å². The lowest BCUT2D eigenvalue weighted by molar-refractivity contribution is -0.144. The zero-order valence-electron chi connectivity index (χ0n) is 16.4. The van der Waals surface area contributed by atoms with Crippen molar-refractivity contribution in [2.24, 2.45) is 0 Å². The maximum absolute atomic E-state index is 12.6. The number of rotatable bonds is 7. The summed E-state index contributed by atoms with van der Waals surface area (Å²) in [6.45, 7) is 0.744. The van der Waals surface area contributed by atoms with Gasteiger partial charge in [-0.3, -0.25) is 9.59 Å². The van der Waals surface area contributed by atoms with Gasteiger partial charge in [0.2, 0.25) is 10.0 Å². The number of esters is 1. The molecular weight excluding hydrogens is 406 g/mol. The molecule has 0 aliphatic heterocycles. The summed E-state index contributed by atoms with van der Waals surface area (Å²) in [6.07, 6.45) is 3.47. The summed E-state index contributed by atoms with van der Waals surface area (Å²) < 4.78 is 33.1. The number of sulfonamides is 1. The molecule has 0 saturated carbocycles. The van der Waals surface area contributed by atoms with Crippen molar-refractivity contribution in [3.63, 3.8) is 0 Å². The summed E-state index contributed by atoms with van der Waals surface area (Å²) in [5, 5.41) is 9.39. The largest absolute Gasteiger partial charge is 0.460 e. The molecule has 0 amide bonds. The van der Waals surface area contributed by atoms with Crippen molar-refractivity contribution in [3.8, 4) is 6.07 Å². The number of carbonyl (C=O) groups is 2. The SMILES string of the molecule is CC(=O)c1ccc(S(=O)(=O)N(C)CC(=O)OCc2cn3ccccc3c2C#N)cc1. The highest BCUT2D eigenvalue weighted by Gasteiger charge is 2.24. The number of hydrogen-bond donors (Lipinski definition) is 0. The minimum absolute atomic E-state index is 0.0340. The van der Waals surface area contributed by atoms with Crippen LogP contribution in [-0.2, 0) is 26.2 Å². The number of Topliss-reactive ketones (excluding diaryl/α,β-unsaturated/α-hetero) is 1. The lowest BCUT2D eigenvalue weighted by Crippen LogP contribution is -2.33. The van der Waals surface area contributed by atoms with Crippen LogP contribution in [-0.4, -0.2) is 42.5 Å². The predicted molar refractivity (Wildman–Crippen MR) is 108 cm³/mol. The van der Waals surface area contributed by atoms with E-state index in [2.05, 4.69) is 6.07 Å². The van der Waals surface area contributed by atoms with Gasteiger partial charge in [0.1, 0.15) is 19.2 Å². The molecule has 8 nitrogen and oxygen atoms in total. The molecule has 2 aromatic heterocycles. The number of nitrogens with zero attached hydrogens (tertiary/aromatic N) is 3. The van der Waals surface area contributed by atoms with Gasteiger partial charge in [-0.1, -0.05) is 18.2 Å². The lowest BCUT2D eigenvalue weighted by Gasteiger charge is -2.16. The quantitative estimate of drug-likeness (QED) is 0.425. The van der Waals surface area contributed by atoms with E-state index in [1.807, 2.05) is 6.07 Å². The highest BCUT2D eigenvalue weighted by Crippen LogP contribution is 2.19. The number of aromatic nitrogens is 1. The van der Waals surface area contributed by atoms with Crippen LogP contribution in [0.15, 0.2) is 59.8 Å². The third kappa shape index (κ3) is 4.25. The summed E-state index contributed by atoms with van der Waals surface area (Å²) >= 11 is 0. The van der Waals surface area contributed by atoms with Crippen LogP contribution in [0.3, 0.4) is 0 Å². The van der Waals surface area contributed by atoms with Crippen molar-refractivity contribution in [2.75, 3.05) is 13.6 Å². The zero-order chi connectivity index (χ0) is 21.9. The minimum Gasteiger partial charge on any atom is -0.460 e. The van der Waals surface area contributed by atoms with Crippen LogP contribution in [0, 0.1) is 11.3 Å². The number of pyridine rings is 1. The van der Waals surface area contributed by atoms with E-state index in [0.717, 1.165) is 4.31 Å². The van der Waals surface area contributed by atoms with E-state index in [-0.39, 0.29) is 17.3 Å². The van der Waals surface area contributed by atoms with Gasteiger partial charge in [0.25, 0.3) is 0 Å². The second-order valence-corrected chi connectivity index (χ2v) is 8.68. The van der Waals surface area contributed by atoms with Crippen molar-refractivity contribution in [2.45, 2.75) is 18.4 Å². The standard InChI is InChI=1S/C21H19N3O5S/c1-15(25)16-6-8-18(9-7-16)30(27,28)23(2)13-21(26)29-14-17-12-24-10-4-3-5-20(24)19(17)11-22/h3-10,12H,13-14H2,1-2H3. The third-order valence-corrected chi connectivity index (χ3v) is 6.40. The van der Waals surface area contributed by atoms with Gasteiger partial charge >= 0.3 is 5.97 Å². The van der Waals surface area contributed by atoms with Gasteiger partial charge in [0.15, 0.2) is 5.78 Å². The van der Waals surface area contributed by atoms with E-state index < -0.39 is 22.5 Å². The molecule has 0 N–H and O–H groups in total. The van der Waals surface area contributed by atoms with Crippen molar-refractivity contribution in [1.82, 2.24) is 8.71 Å². The number of benzene rings is 1. The van der Waals surface area contributed by atoms with Crippen molar-refractivity contribution in [3.05, 3.63) is 71.5 Å². The van der Waals surface area contributed by atoms with Crippen LogP contribution >= 0.6 is 0 Å². The Bertz CT molecular complexity index is 1250. The molecule has 9 heteroatoms. The molecule has 0 aliphatic rings. The van der Waals surface area contributed by atoms with Crippen LogP contribution in [0.5, 0.6) is 0 Å². The van der Waals surface area contributed by atoms with Gasteiger partial charge in [-0.2, -0.15) is 9.57 Å². The number of ether oxygens (including phenoxy) is 1. The first-order valence-corrected chi connectivity index (χ1v) is 10.4. The summed E-state index contributed by atoms with van der Waals surface area (Å²) in [4.78, 5) is 23.5. The highest BCUT2D eigenvalue weighted by atomic mass is 32.2. The first-order chi connectivity index (χ1) is 14.2. The van der Waals surface area contributed by atoms with Crippen LogP contribution in [0.2, 0.25) is 0 Å². The van der Waals surface area contributed by atoms with Crippen LogP contribution in [0.25, 0.3) is 5.52 Å². The average molecular weight is 425 g/mol. The maximum atomic E-state index is 12.6. The summed E-state index contributed by atoms with van der Waals surface area (Å²) in [5.41, 5.74) is 2.02. The fraction of sp³-hybridized carbons (Fsp3) is 0.190. The van der Waals surface area contributed by atoms with Gasteiger partial charge in [0, 0.05) is 30.6 Å². The Morgan fingerprint density at radius 2 is 1.87 bits per heavy atom. The molecule has 30 heavy (non-hydrogen) atoms. The molecule has 1 aromatic carbocycles. The fourth-order valence-electron chi connectivity index (χ4n) is 2.93. The Labute approximate surface area is 174 Å². The Kier molecular flexibility index (Phi) is 6.01. The maximum Gasteiger partial charge on any atom is 0.321 e. The van der Waals surface area contributed by atoms with Crippen molar-refractivity contribution < 1.29 is 22.7 Å². The number of likely N-dealkylation sites (N-methyl/N-ethyl adjacent to an activating group) is 1. The second kappa shape index (κ2) is 8.49. The monoisotopic (exact) mass is 425 g/mol. The molecule has 0 bridgehead atoms. The smallest absolute Gasteiger partial charge is 0.321 e. The topological polar surface area (TPSA) is 109 Å². The van der Waals surface area contributed by atoms with Crippen molar-refractivity contribution in [1.29, 1.82) is 5.26 Å². The molecule has 0 atom stereocenters. The fourth-order valence-corrected chi connectivity index (χ4v) is 4.04. The normalized spacial score (nSPS) is 11.4. The molecule has 2 heterocycles. The molecule has 3 rings (SSSR count). The number of ketones is 1. The van der Waals surface area contributed by atoms with Gasteiger partial charge in [-0.25, -0.2) is 8.42 Å². The van der Waals surface area contributed by atoms with E-state index >= 15 is 0 Å². The first-order valence-electron chi connectivity index (χ1n) is 8.95. The molecule has 0 radical (unpaired) electrons. The Morgan fingerprint density at radius 3 is 2.50 bits per heavy atom. The number of nitriles is 1. The number of fused-ring (bicyclic) bond motifs is 1. The average Bonchev–Trinajstić information content (AvgIpc) is 3.09. The molecular formula is C21H19N3O5S. The van der Waals surface area contributed by atoms with Crippen LogP contribution in [0.1, 0.15) is 28.4 Å². The van der Waals surface area contributed by atoms with Gasteiger partial charge in [0.05, 0.1) is 16.0 Å². The molecule has 154 valence electrons. The molecule has 3 aromatic rings.